The molecule has 0 atom stereocenters. The Bertz CT molecular complexity index is 500. The maximum Gasteiger partial charge on any atom is 0.304 e. The number of aliphatic carboxylic acids is 1. The molecule has 2 rings (SSSR count). The predicted molar refractivity (Wildman–Crippen MR) is 80.1 cm³/mol. The minimum absolute atomic E-state index is 0.0704. The van der Waals surface area contributed by atoms with Gasteiger partial charge in [-0.15, -0.1) is 0 Å². The van der Waals surface area contributed by atoms with Crippen LogP contribution in [0, 0.1) is 0 Å². The Labute approximate surface area is 128 Å². The second kappa shape index (κ2) is 7.43. The summed E-state index contributed by atoms with van der Waals surface area (Å²) in [7, 11) is 0. The van der Waals surface area contributed by atoms with Gasteiger partial charge in [-0.2, -0.15) is 0 Å². The van der Waals surface area contributed by atoms with Gasteiger partial charge in [-0.3, -0.25) is 14.5 Å². The first-order valence-corrected chi connectivity index (χ1v) is 7.39. The Morgan fingerprint density at radius 1 is 1.29 bits per heavy atom. The van der Waals surface area contributed by atoms with E-state index < -0.39 is 5.97 Å². The lowest BCUT2D eigenvalue weighted by Gasteiger charge is -2.20. The van der Waals surface area contributed by atoms with Crippen LogP contribution in [0.25, 0.3) is 0 Å². The van der Waals surface area contributed by atoms with Crippen molar-refractivity contribution in [3.8, 4) is 0 Å². The number of hydrogen-bond donors (Lipinski definition) is 2. The monoisotopic (exact) mass is 310 g/mol. The molecule has 114 valence electrons. The summed E-state index contributed by atoms with van der Waals surface area (Å²) in [4.78, 5) is 24.5. The summed E-state index contributed by atoms with van der Waals surface area (Å²) in [6.07, 6.45) is 2.16. The third-order valence-corrected chi connectivity index (χ3v) is 3.68. The lowest BCUT2D eigenvalue weighted by Crippen LogP contribution is -2.39. The average Bonchev–Trinajstić information content (AvgIpc) is 3.27. The van der Waals surface area contributed by atoms with E-state index in [0.717, 1.165) is 18.4 Å². The molecule has 0 radical (unpaired) electrons. The molecule has 0 unspecified atom stereocenters. The van der Waals surface area contributed by atoms with Crippen LogP contribution in [-0.4, -0.2) is 41.0 Å². The highest BCUT2D eigenvalue weighted by atomic mass is 35.5. The zero-order valence-electron chi connectivity index (χ0n) is 11.7. The summed E-state index contributed by atoms with van der Waals surface area (Å²) >= 11 is 5.80. The molecule has 0 bridgehead atoms. The lowest BCUT2D eigenvalue weighted by atomic mass is 10.2. The largest absolute Gasteiger partial charge is 0.481 e. The van der Waals surface area contributed by atoms with Crippen LogP contribution >= 0.6 is 11.6 Å². The fraction of sp³-hybridized carbons (Fsp3) is 0.467. The highest BCUT2D eigenvalue weighted by molar-refractivity contribution is 6.30. The van der Waals surface area contributed by atoms with Crippen LogP contribution in [0.15, 0.2) is 24.3 Å². The van der Waals surface area contributed by atoms with Crippen LogP contribution in [0.5, 0.6) is 0 Å². The highest BCUT2D eigenvalue weighted by Gasteiger charge is 2.30. The smallest absolute Gasteiger partial charge is 0.304 e. The third kappa shape index (κ3) is 5.73. The molecule has 0 heterocycles. The minimum Gasteiger partial charge on any atom is -0.481 e. The van der Waals surface area contributed by atoms with Crippen molar-refractivity contribution >= 4 is 23.5 Å². The average molecular weight is 311 g/mol. The van der Waals surface area contributed by atoms with Crippen molar-refractivity contribution in [3.63, 3.8) is 0 Å². The van der Waals surface area contributed by atoms with Crippen molar-refractivity contribution in [1.29, 1.82) is 0 Å². The van der Waals surface area contributed by atoms with Crippen LogP contribution in [0.1, 0.15) is 24.8 Å². The summed E-state index contributed by atoms with van der Waals surface area (Å²) < 4.78 is 0. The molecule has 1 aliphatic carbocycles. The molecule has 1 amide bonds. The van der Waals surface area contributed by atoms with Gasteiger partial charge >= 0.3 is 5.97 Å². The molecule has 0 aliphatic heterocycles. The summed E-state index contributed by atoms with van der Waals surface area (Å²) in [5.74, 6) is -0.913. The van der Waals surface area contributed by atoms with Gasteiger partial charge < -0.3 is 10.4 Å². The molecule has 1 aromatic carbocycles. The number of carbonyl (C=O) groups excluding carboxylic acids is 1. The van der Waals surface area contributed by atoms with Crippen molar-refractivity contribution < 1.29 is 14.7 Å². The molecule has 1 aliphatic rings. The number of hydrogen-bond acceptors (Lipinski definition) is 3. The van der Waals surface area contributed by atoms with E-state index in [-0.39, 0.29) is 18.9 Å². The summed E-state index contributed by atoms with van der Waals surface area (Å²) in [6.45, 7) is 1.13. The first kappa shape index (κ1) is 15.8. The van der Waals surface area contributed by atoms with E-state index in [2.05, 4.69) is 5.32 Å². The summed E-state index contributed by atoms with van der Waals surface area (Å²) in [5, 5.41) is 12.2. The van der Waals surface area contributed by atoms with Gasteiger partial charge in [0.05, 0.1) is 13.0 Å². The van der Waals surface area contributed by atoms with Crippen molar-refractivity contribution in [1.82, 2.24) is 10.2 Å². The van der Waals surface area contributed by atoms with Crippen molar-refractivity contribution in [2.24, 2.45) is 0 Å². The Hall–Kier alpha value is -1.59. The predicted octanol–water partition coefficient (Wildman–Crippen LogP) is 1.90. The van der Waals surface area contributed by atoms with Crippen LogP contribution in [0.2, 0.25) is 5.02 Å². The number of amides is 1. The molecule has 0 aromatic heterocycles. The van der Waals surface area contributed by atoms with Crippen LogP contribution < -0.4 is 5.32 Å². The minimum atomic E-state index is -0.831. The Kier molecular flexibility index (Phi) is 5.59. The van der Waals surface area contributed by atoms with Gasteiger partial charge in [0, 0.05) is 24.2 Å². The first-order chi connectivity index (χ1) is 10.0. The van der Waals surface area contributed by atoms with Crippen LogP contribution in [0.3, 0.4) is 0 Å². The van der Waals surface area contributed by atoms with Crippen LogP contribution in [-0.2, 0) is 16.1 Å². The number of carboxylic acids is 1. The molecule has 0 spiro atoms. The van der Waals surface area contributed by atoms with E-state index in [1.54, 1.807) is 12.1 Å². The molecule has 21 heavy (non-hydrogen) atoms. The molecule has 1 fully saturated rings. The van der Waals surface area contributed by atoms with Gasteiger partial charge in [-0.25, -0.2) is 0 Å². The number of nitrogens with one attached hydrogen (secondary N) is 1. The Balaban J connectivity index is 1.76. The molecular weight excluding hydrogens is 292 g/mol. The van der Waals surface area contributed by atoms with Crippen LogP contribution in [0.4, 0.5) is 0 Å². The lowest BCUT2D eigenvalue weighted by molar-refractivity contribution is -0.137. The molecular formula is C15H19ClN2O3. The van der Waals surface area contributed by atoms with E-state index in [1.807, 2.05) is 17.0 Å². The molecule has 1 saturated carbocycles. The van der Waals surface area contributed by atoms with E-state index in [1.165, 1.54) is 0 Å². The standard InChI is InChI=1S/C15H19ClN2O3/c16-12-3-1-11(2-4-12)9-17-14(19)10-18(13-5-6-13)8-7-15(20)21/h1-4,13H,5-10H2,(H,17,19)(H,20,21). The van der Waals surface area contributed by atoms with E-state index in [9.17, 15) is 9.59 Å². The highest BCUT2D eigenvalue weighted by Crippen LogP contribution is 2.26. The number of benzene rings is 1. The molecule has 2 N–H and O–H groups in total. The summed E-state index contributed by atoms with van der Waals surface area (Å²) in [5.41, 5.74) is 0.983. The van der Waals surface area contributed by atoms with Crippen molar-refractivity contribution in [2.75, 3.05) is 13.1 Å². The Morgan fingerprint density at radius 3 is 2.52 bits per heavy atom. The number of nitrogens with zero attached hydrogens (tertiary/aromatic N) is 1. The zero-order valence-corrected chi connectivity index (χ0v) is 12.5. The number of carbonyl (C=O) groups is 2. The van der Waals surface area contributed by atoms with Gasteiger partial charge in [0.25, 0.3) is 0 Å². The SMILES string of the molecule is O=C(O)CCN(CC(=O)NCc1ccc(Cl)cc1)C1CC1. The van der Waals surface area contributed by atoms with Crippen molar-refractivity contribution in [3.05, 3.63) is 34.9 Å². The molecule has 0 saturated heterocycles. The quantitative estimate of drug-likeness (QED) is 0.769. The van der Waals surface area contributed by atoms with Gasteiger partial charge in [0.15, 0.2) is 0 Å². The van der Waals surface area contributed by atoms with E-state index in [0.29, 0.717) is 24.2 Å². The fourth-order valence-corrected chi connectivity index (χ4v) is 2.24. The number of rotatable bonds is 8. The van der Waals surface area contributed by atoms with E-state index in [4.69, 9.17) is 16.7 Å². The zero-order chi connectivity index (χ0) is 15.2. The summed E-state index contributed by atoms with van der Waals surface area (Å²) in [6, 6.07) is 7.67. The Morgan fingerprint density at radius 2 is 1.95 bits per heavy atom. The number of halogens is 1. The third-order valence-electron chi connectivity index (χ3n) is 3.43. The fourth-order valence-electron chi connectivity index (χ4n) is 2.11. The van der Waals surface area contributed by atoms with Gasteiger partial charge in [-0.1, -0.05) is 23.7 Å². The molecule has 5 nitrogen and oxygen atoms in total. The maximum atomic E-state index is 11.9. The van der Waals surface area contributed by atoms with Gasteiger partial charge in [0.1, 0.15) is 0 Å². The normalized spacial score (nSPS) is 14.2. The van der Waals surface area contributed by atoms with Crippen molar-refractivity contribution in [2.45, 2.75) is 31.8 Å². The first-order valence-electron chi connectivity index (χ1n) is 7.01. The van der Waals surface area contributed by atoms with E-state index >= 15 is 0 Å². The second-order valence-electron chi connectivity index (χ2n) is 5.25. The second-order valence-corrected chi connectivity index (χ2v) is 5.69. The van der Waals surface area contributed by atoms with Gasteiger partial charge in [0.2, 0.25) is 5.91 Å². The van der Waals surface area contributed by atoms with Gasteiger partial charge in [-0.05, 0) is 30.5 Å². The number of carboxylic acid groups (broad SMARTS) is 1. The molecule has 6 heteroatoms. The maximum absolute atomic E-state index is 11.9. The molecule has 1 aromatic rings. The topological polar surface area (TPSA) is 69.6 Å².